The number of nitrogens with two attached hydrogens (primary N) is 1. The molecule has 0 aliphatic carbocycles. The van der Waals surface area contributed by atoms with Crippen LogP contribution in [0.15, 0.2) is 29.2 Å². The number of thioether (sulfide) groups is 1. The van der Waals surface area contributed by atoms with Crippen molar-refractivity contribution in [2.45, 2.75) is 12.5 Å². The Bertz CT molecular complexity index is 805. The Morgan fingerprint density at radius 2 is 2.00 bits per heavy atom. The van der Waals surface area contributed by atoms with Crippen LogP contribution in [0.2, 0.25) is 0 Å². The van der Waals surface area contributed by atoms with Crippen LogP contribution in [0.1, 0.15) is 12.0 Å². The van der Waals surface area contributed by atoms with Crippen LogP contribution in [0.4, 0.5) is 5.69 Å². The van der Waals surface area contributed by atoms with E-state index in [1.165, 1.54) is 30.3 Å². The van der Waals surface area contributed by atoms with Gasteiger partial charge in [-0.3, -0.25) is 24.6 Å². The molecule has 0 spiro atoms. The average Bonchev–Trinajstić information content (AvgIpc) is 2.79. The Morgan fingerprint density at radius 1 is 1.40 bits per heavy atom. The van der Waals surface area contributed by atoms with Crippen LogP contribution >= 0.6 is 24.0 Å². The van der Waals surface area contributed by atoms with Crippen molar-refractivity contribution in [2.24, 2.45) is 5.73 Å². The Hall–Kier alpha value is -2.79. The van der Waals surface area contributed by atoms with E-state index in [9.17, 15) is 29.6 Å². The SMILES string of the molecule is NC(=O)CC(C(=O)O)N1C(=O)/C(=C/c2ccc([N+](=O)[O-])cc2)SC1=S. The molecule has 2 amide bonds. The number of rotatable bonds is 6. The lowest BCUT2D eigenvalue weighted by Crippen LogP contribution is -2.46. The summed E-state index contributed by atoms with van der Waals surface area (Å²) in [6.07, 6.45) is 0.874. The van der Waals surface area contributed by atoms with Gasteiger partial charge < -0.3 is 10.8 Å². The lowest BCUT2D eigenvalue weighted by molar-refractivity contribution is -0.384. The number of non-ortho nitro benzene ring substituents is 1. The van der Waals surface area contributed by atoms with E-state index < -0.39 is 35.2 Å². The van der Waals surface area contributed by atoms with Crippen molar-refractivity contribution in [2.75, 3.05) is 0 Å². The number of benzene rings is 1. The molecule has 0 saturated carbocycles. The number of carboxylic acids is 1. The van der Waals surface area contributed by atoms with E-state index in [0.717, 1.165) is 16.7 Å². The first-order chi connectivity index (χ1) is 11.7. The predicted molar refractivity (Wildman–Crippen MR) is 93.3 cm³/mol. The van der Waals surface area contributed by atoms with E-state index in [4.69, 9.17) is 18.0 Å². The van der Waals surface area contributed by atoms with Gasteiger partial charge in [-0.25, -0.2) is 4.79 Å². The van der Waals surface area contributed by atoms with Crippen LogP contribution in [0, 0.1) is 10.1 Å². The highest BCUT2D eigenvalue weighted by atomic mass is 32.2. The maximum atomic E-state index is 12.4. The molecule has 1 aromatic rings. The molecule has 25 heavy (non-hydrogen) atoms. The number of nitro benzene ring substituents is 1. The molecule has 130 valence electrons. The number of nitro groups is 1. The summed E-state index contributed by atoms with van der Waals surface area (Å²) in [5.41, 5.74) is 5.43. The fourth-order valence-corrected chi connectivity index (χ4v) is 3.43. The number of carbonyl (C=O) groups excluding carboxylic acids is 2. The van der Waals surface area contributed by atoms with Gasteiger partial charge in [0.25, 0.3) is 11.6 Å². The number of thiocarbonyl (C=S) groups is 1. The van der Waals surface area contributed by atoms with Crippen LogP contribution in [-0.4, -0.2) is 43.1 Å². The van der Waals surface area contributed by atoms with Crippen molar-refractivity contribution in [3.63, 3.8) is 0 Å². The quantitative estimate of drug-likeness (QED) is 0.323. The lowest BCUT2D eigenvalue weighted by atomic mass is 10.1. The molecule has 1 aliphatic heterocycles. The van der Waals surface area contributed by atoms with Crippen LogP contribution in [0.25, 0.3) is 6.08 Å². The number of aliphatic carboxylic acids is 1. The molecule has 1 heterocycles. The average molecular weight is 381 g/mol. The topological polar surface area (TPSA) is 144 Å². The molecule has 0 radical (unpaired) electrons. The van der Waals surface area contributed by atoms with Gasteiger partial charge in [0.15, 0.2) is 0 Å². The Kier molecular flexibility index (Phi) is 5.49. The molecular weight excluding hydrogens is 370 g/mol. The fourth-order valence-electron chi connectivity index (χ4n) is 2.07. The first kappa shape index (κ1) is 18.5. The number of hydrogen-bond acceptors (Lipinski definition) is 7. The molecule has 3 N–H and O–H groups in total. The molecule has 9 nitrogen and oxygen atoms in total. The van der Waals surface area contributed by atoms with E-state index in [1.54, 1.807) is 0 Å². The third-order valence-corrected chi connectivity index (χ3v) is 4.55. The van der Waals surface area contributed by atoms with Crippen molar-refractivity contribution in [1.29, 1.82) is 0 Å². The molecule has 1 fully saturated rings. The Balaban J connectivity index is 2.29. The van der Waals surface area contributed by atoms with Crippen LogP contribution in [-0.2, 0) is 14.4 Å². The van der Waals surface area contributed by atoms with E-state index in [0.29, 0.717) is 5.56 Å². The third-order valence-electron chi connectivity index (χ3n) is 3.22. The zero-order valence-corrected chi connectivity index (χ0v) is 14.1. The molecule has 1 atom stereocenters. The molecule has 1 aromatic carbocycles. The van der Waals surface area contributed by atoms with Crippen molar-refractivity contribution >= 4 is 57.8 Å². The summed E-state index contributed by atoms with van der Waals surface area (Å²) >= 11 is 5.92. The van der Waals surface area contributed by atoms with Crippen LogP contribution < -0.4 is 5.73 Å². The largest absolute Gasteiger partial charge is 0.480 e. The van der Waals surface area contributed by atoms with Gasteiger partial charge in [0.2, 0.25) is 5.91 Å². The van der Waals surface area contributed by atoms with Gasteiger partial charge in [-0.05, 0) is 23.8 Å². The summed E-state index contributed by atoms with van der Waals surface area (Å²) in [5.74, 6) is -2.94. The zero-order valence-electron chi connectivity index (χ0n) is 12.4. The fraction of sp³-hybridized carbons (Fsp3) is 0.143. The number of primary amides is 1. The van der Waals surface area contributed by atoms with Crippen molar-refractivity contribution in [1.82, 2.24) is 4.90 Å². The maximum Gasteiger partial charge on any atom is 0.327 e. The Morgan fingerprint density at radius 3 is 2.48 bits per heavy atom. The van der Waals surface area contributed by atoms with Gasteiger partial charge >= 0.3 is 5.97 Å². The molecule has 11 heteroatoms. The first-order valence-electron chi connectivity index (χ1n) is 6.73. The van der Waals surface area contributed by atoms with E-state index in [1.807, 2.05) is 0 Å². The van der Waals surface area contributed by atoms with Crippen LogP contribution in [0.3, 0.4) is 0 Å². The summed E-state index contributed by atoms with van der Waals surface area (Å²) in [7, 11) is 0. The number of hydrogen-bond donors (Lipinski definition) is 2. The number of carbonyl (C=O) groups is 3. The second-order valence-electron chi connectivity index (χ2n) is 4.92. The molecule has 1 aliphatic rings. The second-order valence-corrected chi connectivity index (χ2v) is 6.60. The highest BCUT2D eigenvalue weighted by molar-refractivity contribution is 8.26. The number of carboxylic acid groups (broad SMARTS) is 1. The molecular formula is C14H11N3O6S2. The summed E-state index contributed by atoms with van der Waals surface area (Å²) in [4.78, 5) is 45.9. The van der Waals surface area contributed by atoms with Gasteiger partial charge in [0.05, 0.1) is 16.2 Å². The van der Waals surface area contributed by atoms with Gasteiger partial charge in [0.1, 0.15) is 10.4 Å². The molecule has 2 rings (SSSR count). The van der Waals surface area contributed by atoms with Crippen molar-refractivity contribution in [3.05, 3.63) is 44.8 Å². The maximum absolute atomic E-state index is 12.4. The minimum absolute atomic E-state index is 0.00758. The van der Waals surface area contributed by atoms with Gasteiger partial charge in [-0.2, -0.15) is 0 Å². The monoisotopic (exact) mass is 381 g/mol. The van der Waals surface area contributed by atoms with Gasteiger partial charge in [-0.1, -0.05) is 24.0 Å². The minimum Gasteiger partial charge on any atom is -0.480 e. The normalized spacial score (nSPS) is 17.0. The van der Waals surface area contributed by atoms with Gasteiger partial charge in [-0.15, -0.1) is 0 Å². The standard InChI is InChI=1S/C14H11N3O6S2/c15-11(18)6-9(13(20)21)16-12(19)10(25-14(16)24)5-7-1-3-8(4-2-7)17(22)23/h1-5,9H,6H2,(H2,15,18)(H,20,21)/b10-5-. The summed E-state index contributed by atoms with van der Waals surface area (Å²) in [6.45, 7) is 0. The highest BCUT2D eigenvalue weighted by Gasteiger charge is 2.41. The highest BCUT2D eigenvalue weighted by Crippen LogP contribution is 2.34. The van der Waals surface area contributed by atoms with E-state index in [-0.39, 0.29) is 14.9 Å². The summed E-state index contributed by atoms with van der Waals surface area (Å²) in [6, 6.07) is 3.97. The summed E-state index contributed by atoms with van der Waals surface area (Å²) < 4.78 is -0.00758. The smallest absolute Gasteiger partial charge is 0.327 e. The van der Waals surface area contributed by atoms with Gasteiger partial charge in [0, 0.05) is 12.1 Å². The zero-order chi connectivity index (χ0) is 18.7. The van der Waals surface area contributed by atoms with Crippen molar-refractivity contribution < 1.29 is 24.4 Å². The van der Waals surface area contributed by atoms with E-state index in [2.05, 4.69) is 0 Å². The second kappa shape index (κ2) is 7.40. The molecule has 0 aromatic heterocycles. The molecule has 1 unspecified atom stereocenters. The van der Waals surface area contributed by atoms with E-state index >= 15 is 0 Å². The molecule has 0 bridgehead atoms. The molecule has 1 saturated heterocycles. The predicted octanol–water partition coefficient (Wildman–Crippen LogP) is 1.12. The lowest BCUT2D eigenvalue weighted by Gasteiger charge is -2.21. The number of nitrogens with zero attached hydrogens (tertiary/aromatic N) is 2. The van der Waals surface area contributed by atoms with Crippen LogP contribution in [0.5, 0.6) is 0 Å². The van der Waals surface area contributed by atoms with Crippen molar-refractivity contribution in [3.8, 4) is 0 Å². The Labute approximate surface area is 150 Å². The number of amides is 2. The first-order valence-corrected chi connectivity index (χ1v) is 7.96. The third kappa shape index (κ3) is 4.19. The summed E-state index contributed by atoms with van der Waals surface area (Å²) in [5, 5.41) is 19.9. The minimum atomic E-state index is -1.48.